The van der Waals surface area contributed by atoms with Crippen molar-refractivity contribution in [2.75, 3.05) is 7.11 Å². The molecule has 84 valence electrons. The van der Waals surface area contributed by atoms with Crippen molar-refractivity contribution in [1.82, 2.24) is 0 Å². The first kappa shape index (κ1) is 11.8. The number of benzene rings is 1. The monoisotopic (exact) mass is 220 g/mol. The molecule has 0 aromatic heterocycles. The number of halogens is 3. The van der Waals surface area contributed by atoms with Gasteiger partial charge in [-0.1, -0.05) is 6.07 Å². The van der Waals surface area contributed by atoms with Gasteiger partial charge in [0.15, 0.2) is 6.10 Å². The summed E-state index contributed by atoms with van der Waals surface area (Å²) >= 11 is 0. The Morgan fingerprint density at radius 2 is 1.93 bits per heavy atom. The molecule has 15 heavy (non-hydrogen) atoms. The van der Waals surface area contributed by atoms with E-state index in [2.05, 4.69) is 0 Å². The van der Waals surface area contributed by atoms with Gasteiger partial charge in [-0.25, -0.2) is 0 Å². The minimum atomic E-state index is -4.64. The van der Waals surface area contributed by atoms with Gasteiger partial charge in [0.05, 0.1) is 7.11 Å². The van der Waals surface area contributed by atoms with Crippen LogP contribution in [0.25, 0.3) is 0 Å². The molecule has 0 aliphatic heterocycles. The van der Waals surface area contributed by atoms with Crippen LogP contribution in [0.3, 0.4) is 0 Å². The Balaban J connectivity index is 3.02. The predicted octanol–water partition coefficient (Wildman–Crippen LogP) is 2.60. The molecule has 0 spiro atoms. The van der Waals surface area contributed by atoms with Crippen molar-refractivity contribution >= 4 is 0 Å². The normalized spacial score (nSPS) is 13.7. The van der Waals surface area contributed by atoms with Crippen molar-refractivity contribution in [3.05, 3.63) is 29.3 Å². The molecule has 0 saturated carbocycles. The standard InChI is InChI=1S/C10H11F3O2/c1-6-5-7(3-4-8(6)15-2)9(14)10(11,12)13/h3-5,9,14H,1-2H3/t9-/m1/s1. The molecule has 0 fully saturated rings. The largest absolute Gasteiger partial charge is 0.496 e. The van der Waals surface area contributed by atoms with E-state index in [9.17, 15) is 13.2 Å². The number of hydrogen-bond donors (Lipinski definition) is 1. The van der Waals surface area contributed by atoms with Gasteiger partial charge in [0, 0.05) is 0 Å². The fraction of sp³-hybridized carbons (Fsp3) is 0.400. The Morgan fingerprint density at radius 1 is 1.33 bits per heavy atom. The molecule has 0 radical (unpaired) electrons. The molecule has 0 aliphatic carbocycles. The highest BCUT2D eigenvalue weighted by atomic mass is 19.4. The van der Waals surface area contributed by atoms with Gasteiger partial charge in [-0.05, 0) is 30.2 Å². The van der Waals surface area contributed by atoms with Gasteiger partial charge in [0.25, 0.3) is 0 Å². The molecule has 0 aliphatic rings. The van der Waals surface area contributed by atoms with Gasteiger partial charge >= 0.3 is 6.18 Å². The van der Waals surface area contributed by atoms with Crippen LogP contribution in [-0.2, 0) is 0 Å². The highest BCUT2D eigenvalue weighted by Gasteiger charge is 2.39. The highest BCUT2D eigenvalue weighted by molar-refractivity contribution is 5.37. The van der Waals surface area contributed by atoms with Gasteiger partial charge < -0.3 is 9.84 Å². The molecule has 1 rings (SSSR count). The molecule has 5 heteroatoms. The molecule has 1 atom stereocenters. The lowest BCUT2D eigenvalue weighted by atomic mass is 10.1. The lowest BCUT2D eigenvalue weighted by Crippen LogP contribution is -2.20. The lowest BCUT2D eigenvalue weighted by Gasteiger charge is -2.16. The summed E-state index contributed by atoms with van der Waals surface area (Å²) in [5, 5.41) is 8.98. The Kier molecular flexibility index (Phi) is 3.24. The van der Waals surface area contributed by atoms with E-state index < -0.39 is 12.3 Å². The van der Waals surface area contributed by atoms with Crippen LogP contribution in [0.2, 0.25) is 0 Å². The Hall–Kier alpha value is -1.23. The number of rotatable bonds is 2. The van der Waals surface area contributed by atoms with E-state index in [-0.39, 0.29) is 5.56 Å². The molecule has 1 aromatic rings. The Morgan fingerprint density at radius 3 is 2.33 bits per heavy atom. The maximum absolute atomic E-state index is 12.2. The molecule has 1 aromatic carbocycles. The van der Waals surface area contributed by atoms with E-state index in [1.165, 1.54) is 25.3 Å². The van der Waals surface area contributed by atoms with Crippen molar-refractivity contribution < 1.29 is 23.0 Å². The molecular formula is C10H11F3O2. The zero-order valence-corrected chi connectivity index (χ0v) is 8.30. The lowest BCUT2D eigenvalue weighted by molar-refractivity contribution is -0.206. The van der Waals surface area contributed by atoms with Crippen LogP contribution in [0.4, 0.5) is 13.2 Å². The maximum Gasteiger partial charge on any atom is 0.418 e. The van der Waals surface area contributed by atoms with Gasteiger partial charge in [-0.3, -0.25) is 0 Å². The Bertz CT molecular complexity index is 347. The molecular weight excluding hydrogens is 209 g/mol. The average Bonchev–Trinajstić information content (AvgIpc) is 2.15. The van der Waals surface area contributed by atoms with Crippen LogP contribution in [-0.4, -0.2) is 18.4 Å². The minimum Gasteiger partial charge on any atom is -0.496 e. The molecule has 0 unspecified atom stereocenters. The van der Waals surface area contributed by atoms with E-state index in [1.54, 1.807) is 6.92 Å². The van der Waals surface area contributed by atoms with E-state index in [1.807, 2.05) is 0 Å². The molecule has 0 bridgehead atoms. The second kappa shape index (κ2) is 4.10. The zero-order chi connectivity index (χ0) is 11.6. The third kappa shape index (κ3) is 2.62. The number of ether oxygens (including phenoxy) is 1. The van der Waals surface area contributed by atoms with E-state index >= 15 is 0 Å². The van der Waals surface area contributed by atoms with Crippen LogP contribution in [0.1, 0.15) is 17.2 Å². The SMILES string of the molecule is COc1ccc([C@@H](O)C(F)(F)F)cc1C. The maximum atomic E-state index is 12.2. The highest BCUT2D eigenvalue weighted by Crippen LogP contribution is 2.33. The van der Waals surface area contributed by atoms with Crippen LogP contribution >= 0.6 is 0 Å². The number of aliphatic hydroxyl groups is 1. The van der Waals surface area contributed by atoms with Crippen LogP contribution in [0, 0.1) is 6.92 Å². The van der Waals surface area contributed by atoms with Crippen molar-refractivity contribution in [3.63, 3.8) is 0 Å². The van der Waals surface area contributed by atoms with Gasteiger partial charge in [0.2, 0.25) is 0 Å². The second-order valence-electron chi connectivity index (χ2n) is 3.17. The summed E-state index contributed by atoms with van der Waals surface area (Å²) in [6.07, 6.45) is -7.08. The third-order valence-electron chi connectivity index (χ3n) is 2.04. The first-order chi connectivity index (χ1) is 6.86. The summed E-state index contributed by atoms with van der Waals surface area (Å²) in [7, 11) is 1.43. The van der Waals surface area contributed by atoms with Crippen LogP contribution in [0.5, 0.6) is 5.75 Å². The van der Waals surface area contributed by atoms with Crippen molar-refractivity contribution in [1.29, 1.82) is 0 Å². The van der Waals surface area contributed by atoms with Crippen molar-refractivity contribution in [3.8, 4) is 5.75 Å². The fourth-order valence-electron chi connectivity index (χ4n) is 1.26. The predicted molar refractivity (Wildman–Crippen MR) is 48.7 cm³/mol. The number of aliphatic hydroxyl groups excluding tert-OH is 1. The summed E-state index contributed by atoms with van der Waals surface area (Å²) in [5.41, 5.74) is 0.374. The van der Waals surface area contributed by atoms with Gasteiger partial charge in [0.1, 0.15) is 5.75 Å². The van der Waals surface area contributed by atoms with E-state index in [4.69, 9.17) is 9.84 Å². The average molecular weight is 220 g/mol. The smallest absolute Gasteiger partial charge is 0.418 e. The number of methoxy groups -OCH3 is 1. The quantitative estimate of drug-likeness (QED) is 0.830. The molecule has 0 amide bonds. The zero-order valence-electron chi connectivity index (χ0n) is 8.30. The number of hydrogen-bond acceptors (Lipinski definition) is 2. The Labute approximate surface area is 85.3 Å². The van der Waals surface area contributed by atoms with E-state index in [0.29, 0.717) is 11.3 Å². The number of alkyl halides is 3. The van der Waals surface area contributed by atoms with E-state index in [0.717, 1.165) is 0 Å². The summed E-state index contributed by atoms with van der Waals surface area (Å²) in [6, 6.07) is 3.86. The summed E-state index contributed by atoms with van der Waals surface area (Å²) < 4.78 is 41.4. The molecule has 2 nitrogen and oxygen atoms in total. The molecule has 0 heterocycles. The van der Waals surface area contributed by atoms with Crippen LogP contribution < -0.4 is 4.74 Å². The van der Waals surface area contributed by atoms with Crippen molar-refractivity contribution in [2.45, 2.75) is 19.2 Å². The topological polar surface area (TPSA) is 29.5 Å². The first-order valence-electron chi connectivity index (χ1n) is 4.25. The van der Waals surface area contributed by atoms with Crippen LogP contribution in [0.15, 0.2) is 18.2 Å². The summed E-state index contributed by atoms with van der Waals surface area (Å²) in [5.74, 6) is 0.494. The summed E-state index contributed by atoms with van der Waals surface area (Å²) in [4.78, 5) is 0. The second-order valence-corrected chi connectivity index (χ2v) is 3.17. The number of aryl methyl sites for hydroxylation is 1. The summed E-state index contributed by atoms with van der Waals surface area (Å²) in [6.45, 7) is 1.62. The molecule has 1 N–H and O–H groups in total. The first-order valence-corrected chi connectivity index (χ1v) is 4.25. The fourth-order valence-corrected chi connectivity index (χ4v) is 1.26. The third-order valence-corrected chi connectivity index (χ3v) is 2.04. The minimum absolute atomic E-state index is 0.180. The molecule has 0 saturated heterocycles. The van der Waals surface area contributed by atoms with Crippen molar-refractivity contribution in [2.24, 2.45) is 0 Å². The van der Waals surface area contributed by atoms with Gasteiger partial charge in [-0.15, -0.1) is 0 Å². The van der Waals surface area contributed by atoms with Gasteiger partial charge in [-0.2, -0.15) is 13.2 Å².